The molecule has 2 N–H and O–H groups in total. The van der Waals surface area contributed by atoms with Crippen LogP contribution in [0.3, 0.4) is 0 Å². The van der Waals surface area contributed by atoms with Crippen LogP contribution in [-0.2, 0) is 4.79 Å². The average Bonchev–Trinajstić information content (AvgIpc) is 2.79. The fraction of sp³-hybridized carbons (Fsp3) is 0.200. The molecule has 0 fully saturated rings. The van der Waals surface area contributed by atoms with Gasteiger partial charge in [0.15, 0.2) is 6.61 Å². The lowest BCUT2D eigenvalue weighted by atomic mass is 10.1. The van der Waals surface area contributed by atoms with E-state index in [0.29, 0.717) is 17.0 Å². The highest BCUT2D eigenvalue weighted by Crippen LogP contribution is 2.22. The third-order valence-corrected chi connectivity index (χ3v) is 4.75. The van der Waals surface area contributed by atoms with Crippen LogP contribution in [-0.4, -0.2) is 24.5 Å². The number of amides is 2. The monoisotopic (exact) mass is 402 g/mol. The van der Waals surface area contributed by atoms with Crippen molar-refractivity contribution in [1.82, 2.24) is 5.32 Å². The standard InChI is InChI=1S/C25H26N2O3/c1-3-18(2)26-25(29)21-9-13-22(14-10-21)27-24(28)17-30-23-15-11-20(12-16-23)19-7-5-4-6-8-19/h4-16,18H,3,17H2,1-2H3,(H,26,29)(H,27,28). The molecule has 5 heteroatoms. The van der Waals surface area contributed by atoms with Crippen molar-refractivity contribution in [3.05, 3.63) is 84.4 Å². The Morgan fingerprint density at radius 2 is 1.50 bits per heavy atom. The van der Waals surface area contributed by atoms with Crippen molar-refractivity contribution in [3.63, 3.8) is 0 Å². The first-order chi connectivity index (χ1) is 14.5. The van der Waals surface area contributed by atoms with Crippen LogP contribution >= 0.6 is 0 Å². The van der Waals surface area contributed by atoms with E-state index < -0.39 is 0 Å². The van der Waals surface area contributed by atoms with E-state index >= 15 is 0 Å². The maximum atomic E-state index is 12.2. The Kier molecular flexibility index (Phi) is 7.22. The van der Waals surface area contributed by atoms with Crippen molar-refractivity contribution in [2.45, 2.75) is 26.3 Å². The summed E-state index contributed by atoms with van der Waals surface area (Å²) in [6.07, 6.45) is 0.870. The number of anilines is 1. The minimum atomic E-state index is -0.265. The van der Waals surface area contributed by atoms with Crippen LogP contribution < -0.4 is 15.4 Å². The van der Waals surface area contributed by atoms with Gasteiger partial charge >= 0.3 is 0 Å². The van der Waals surface area contributed by atoms with E-state index in [1.54, 1.807) is 24.3 Å². The second kappa shape index (κ2) is 10.3. The van der Waals surface area contributed by atoms with Crippen LogP contribution in [0.4, 0.5) is 5.69 Å². The Balaban J connectivity index is 1.49. The Labute approximate surface area is 177 Å². The summed E-state index contributed by atoms with van der Waals surface area (Å²) < 4.78 is 5.57. The van der Waals surface area contributed by atoms with Gasteiger partial charge in [-0.05, 0) is 60.9 Å². The number of carbonyl (C=O) groups excluding carboxylic acids is 2. The second-order valence-electron chi connectivity index (χ2n) is 7.09. The third kappa shape index (κ3) is 5.95. The zero-order valence-corrected chi connectivity index (χ0v) is 17.2. The lowest BCUT2D eigenvalue weighted by molar-refractivity contribution is -0.118. The SMILES string of the molecule is CCC(C)NC(=O)c1ccc(NC(=O)COc2ccc(-c3ccccc3)cc2)cc1. The predicted octanol–water partition coefficient (Wildman–Crippen LogP) is 4.90. The Hall–Kier alpha value is -3.60. The summed E-state index contributed by atoms with van der Waals surface area (Å²) in [5.74, 6) is 0.241. The van der Waals surface area contributed by atoms with Crippen LogP contribution in [0.25, 0.3) is 11.1 Å². The Bertz CT molecular complexity index is 968. The lowest BCUT2D eigenvalue weighted by Crippen LogP contribution is -2.31. The van der Waals surface area contributed by atoms with Gasteiger partial charge in [-0.1, -0.05) is 49.4 Å². The van der Waals surface area contributed by atoms with Crippen molar-refractivity contribution in [1.29, 1.82) is 0 Å². The summed E-state index contributed by atoms with van der Waals surface area (Å²) in [4.78, 5) is 24.3. The zero-order valence-electron chi connectivity index (χ0n) is 17.2. The van der Waals surface area contributed by atoms with Crippen LogP contribution in [0.5, 0.6) is 5.75 Å². The summed E-state index contributed by atoms with van der Waals surface area (Å²) in [5.41, 5.74) is 3.39. The lowest BCUT2D eigenvalue weighted by Gasteiger charge is -2.12. The molecule has 0 aliphatic rings. The van der Waals surface area contributed by atoms with Gasteiger partial charge in [-0.15, -0.1) is 0 Å². The fourth-order valence-electron chi connectivity index (χ4n) is 2.83. The molecule has 1 unspecified atom stereocenters. The molecule has 0 aliphatic carbocycles. The van der Waals surface area contributed by atoms with Crippen LogP contribution in [0.1, 0.15) is 30.6 Å². The van der Waals surface area contributed by atoms with Crippen molar-refractivity contribution < 1.29 is 14.3 Å². The van der Waals surface area contributed by atoms with Crippen LogP contribution in [0.15, 0.2) is 78.9 Å². The fourth-order valence-corrected chi connectivity index (χ4v) is 2.83. The molecule has 3 rings (SSSR count). The molecule has 5 nitrogen and oxygen atoms in total. The molecular weight excluding hydrogens is 376 g/mol. The minimum Gasteiger partial charge on any atom is -0.484 e. The highest BCUT2D eigenvalue weighted by atomic mass is 16.5. The predicted molar refractivity (Wildman–Crippen MR) is 120 cm³/mol. The summed E-state index contributed by atoms with van der Waals surface area (Å²) in [6.45, 7) is 3.88. The maximum Gasteiger partial charge on any atom is 0.262 e. The molecule has 0 aromatic heterocycles. The van der Waals surface area contributed by atoms with Crippen molar-refractivity contribution >= 4 is 17.5 Å². The largest absolute Gasteiger partial charge is 0.484 e. The van der Waals surface area contributed by atoms with Gasteiger partial charge in [-0.2, -0.15) is 0 Å². The molecule has 3 aromatic carbocycles. The average molecular weight is 402 g/mol. The van der Waals surface area contributed by atoms with Gasteiger partial charge in [0.25, 0.3) is 11.8 Å². The molecule has 154 valence electrons. The molecule has 0 bridgehead atoms. The first kappa shape index (κ1) is 21.1. The quantitative estimate of drug-likeness (QED) is 0.563. The maximum absolute atomic E-state index is 12.2. The molecule has 2 amide bonds. The number of benzene rings is 3. The number of rotatable bonds is 8. The molecule has 30 heavy (non-hydrogen) atoms. The van der Waals surface area contributed by atoms with Gasteiger partial charge < -0.3 is 15.4 Å². The summed E-state index contributed by atoms with van der Waals surface area (Å²) in [7, 11) is 0. The van der Waals surface area contributed by atoms with E-state index in [1.165, 1.54) is 0 Å². The summed E-state index contributed by atoms with van der Waals surface area (Å²) >= 11 is 0. The van der Waals surface area contributed by atoms with E-state index in [9.17, 15) is 9.59 Å². The summed E-state index contributed by atoms with van der Waals surface area (Å²) in [5, 5.41) is 5.68. The third-order valence-electron chi connectivity index (χ3n) is 4.75. The second-order valence-corrected chi connectivity index (χ2v) is 7.09. The van der Waals surface area contributed by atoms with Gasteiger partial charge in [-0.25, -0.2) is 0 Å². The number of ether oxygens (including phenoxy) is 1. The van der Waals surface area contributed by atoms with Gasteiger partial charge in [-0.3, -0.25) is 9.59 Å². The molecule has 0 spiro atoms. The molecule has 0 heterocycles. The van der Waals surface area contributed by atoms with Gasteiger partial charge in [0.1, 0.15) is 5.75 Å². The normalized spacial score (nSPS) is 11.4. The van der Waals surface area contributed by atoms with Gasteiger partial charge in [0.2, 0.25) is 0 Å². The molecule has 0 saturated heterocycles. The highest BCUT2D eigenvalue weighted by Gasteiger charge is 2.09. The molecule has 1 atom stereocenters. The molecular formula is C25H26N2O3. The number of hydrogen-bond donors (Lipinski definition) is 2. The first-order valence-electron chi connectivity index (χ1n) is 10.0. The summed E-state index contributed by atoms with van der Waals surface area (Å²) in [6, 6.07) is 24.6. The van der Waals surface area contributed by atoms with Crippen molar-refractivity contribution in [3.8, 4) is 16.9 Å². The number of carbonyl (C=O) groups is 2. The van der Waals surface area contributed by atoms with E-state index in [-0.39, 0.29) is 24.5 Å². The molecule has 0 radical (unpaired) electrons. The Morgan fingerprint density at radius 1 is 0.867 bits per heavy atom. The topological polar surface area (TPSA) is 67.4 Å². The minimum absolute atomic E-state index is 0.0963. The molecule has 0 saturated carbocycles. The Morgan fingerprint density at radius 3 is 2.13 bits per heavy atom. The van der Waals surface area contributed by atoms with E-state index in [0.717, 1.165) is 17.5 Å². The smallest absolute Gasteiger partial charge is 0.262 e. The van der Waals surface area contributed by atoms with Crippen molar-refractivity contribution in [2.24, 2.45) is 0 Å². The molecule has 3 aromatic rings. The van der Waals surface area contributed by atoms with E-state index in [2.05, 4.69) is 10.6 Å². The zero-order chi connectivity index (χ0) is 21.3. The van der Waals surface area contributed by atoms with Crippen LogP contribution in [0.2, 0.25) is 0 Å². The molecule has 0 aliphatic heterocycles. The number of nitrogens with one attached hydrogen (secondary N) is 2. The van der Waals surface area contributed by atoms with Gasteiger partial charge in [0.05, 0.1) is 0 Å². The highest BCUT2D eigenvalue weighted by molar-refractivity contribution is 5.96. The first-order valence-corrected chi connectivity index (χ1v) is 10.0. The van der Waals surface area contributed by atoms with E-state index in [1.807, 2.05) is 68.4 Å². The van der Waals surface area contributed by atoms with Crippen molar-refractivity contribution in [2.75, 3.05) is 11.9 Å². The van der Waals surface area contributed by atoms with E-state index in [4.69, 9.17) is 4.74 Å². The van der Waals surface area contributed by atoms with Crippen LogP contribution in [0, 0.1) is 0 Å². The number of hydrogen-bond acceptors (Lipinski definition) is 3. The van der Waals surface area contributed by atoms with Gasteiger partial charge in [0, 0.05) is 17.3 Å².